The largest absolute Gasteiger partial charge is 0.329 e. The van der Waals surface area contributed by atoms with Crippen molar-refractivity contribution >= 4 is 16.9 Å². The van der Waals surface area contributed by atoms with Crippen molar-refractivity contribution in [3.63, 3.8) is 0 Å². The first-order valence-electron chi connectivity index (χ1n) is 5.51. The molecule has 0 radical (unpaired) electrons. The zero-order valence-electron chi connectivity index (χ0n) is 8.33. The Kier molecular flexibility index (Phi) is 2.18. The van der Waals surface area contributed by atoms with Crippen molar-refractivity contribution < 1.29 is 4.90 Å². The minimum Gasteiger partial charge on any atom is -0.329 e. The predicted octanol–water partition coefficient (Wildman–Crippen LogP) is 1.58. The van der Waals surface area contributed by atoms with E-state index in [0.29, 0.717) is 0 Å². The average molecular weight is 206 g/mol. The molecule has 1 aliphatic heterocycles. The second-order valence-corrected chi connectivity index (χ2v) is 5.29. The molecule has 1 aliphatic carbocycles. The molecular formula is C12H16NS+. The van der Waals surface area contributed by atoms with Gasteiger partial charge < -0.3 is 4.90 Å². The van der Waals surface area contributed by atoms with E-state index in [1.54, 1.807) is 5.57 Å². The maximum absolute atomic E-state index is 2.46. The third-order valence-corrected chi connectivity index (χ3v) is 4.26. The van der Waals surface area contributed by atoms with Crippen LogP contribution in [0.3, 0.4) is 0 Å². The molecule has 0 amide bonds. The number of quaternary nitrogens is 1. The van der Waals surface area contributed by atoms with Gasteiger partial charge in [0, 0.05) is 24.1 Å². The molecule has 2 heteroatoms. The van der Waals surface area contributed by atoms with E-state index in [0.717, 1.165) is 6.04 Å². The van der Waals surface area contributed by atoms with E-state index in [4.69, 9.17) is 0 Å². The number of thiophene rings is 1. The predicted molar refractivity (Wildman–Crippen MR) is 60.6 cm³/mol. The van der Waals surface area contributed by atoms with E-state index in [9.17, 15) is 0 Å². The van der Waals surface area contributed by atoms with Crippen LogP contribution in [0.25, 0.3) is 5.57 Å². The molecule has 1 aromatic heterocycles. The van der Waals surface area contributed by atoms with Gasteiger partial charge in [-0.15, -0.1) is 11.3 Å². The first-order chi connectivity index (χ1) is 6.93. The topological polar surface area (TPSA) is 4.44 Å². The van der Waals surface area contributed by atoms with Crippen molar-refractivity contribution in [2.75, 3.05) is 13.1 Å². The molecule has 1 aromatic rings. The van der Waals surface area contributed by atoms with Gasteiger partial charge in [0.2, 0.25) is 0 Å². The Morgan fingerprint density at radius 2 is 2.29 bits per heavy atom. The molecule has 0 saturated heterocycles. The first-order valence-corrected chi connectivity index (χ1v) is 6.39. The summed E-state index contributed by atoms with van der Waals surface area (Å²) in [7, 11) is 0. The van der Waals surface area contributed by atoms with Gasteiger partial charge in [-0.3, -0.25) is 0 Å². The number of rotatable bonds is 2. The van der Waals surface area contributed by atoms with Gasteiger partial charge in [0.05, 0.1) is 19.1 Å². The second kappa shape index (κ2) is 3.52. The molecule has 0 bridgehead atoms. The molecule has 3 rings (SSSR count). The van der Waals surface area contributed by atoms with Crippen LogP contribution in [0.15, 0.2) is 23.6 Å². The fourth-order valence-corrected chi connectivity index (χ4v) is 3.10. The van der Waals surface area contributed by atoms with Gasteiger partial charge in [0.25, 0.3) is 0 Å². The minimum atomic E-state index is 1.01. The van der Waals surface area contributed by atoms with Crippen LogP contribution in [0.1, 0.15) is 24.1 Å². The van der Waals surface area contributed by atoms with Crippen molar-refractivity contribution in [2.24, 2.45) is 0 Å². The van der Waals surface area contributed by atoms with Crippen LogP contribution in [-0.2, 0) is 0 Å². The molecule has 1 fully saturated rings. The van der Waals surface area contributed by atoms with Crippen LogP contribution >= 0.6 is 11.3 Å². The lowest BCUT2D eigenvalue weighted by Gasteiger charge is -2.22. The third-order valence-electron chi connectivity index (χ3n) is 3.32. The summed E-state index contributed by atoms with van der Waals surface area (Å²) in [6, 6.07) is 5.41. The Labute approximate surface area is 89.0 Å². The molecule has 1 nitrogen and oxygen atoms in total. The van der Waals surface area contributed by atoms with E-state index in [1.165, 1.54) is 37.2 Å². The summed E-state index contributed by atoms with van der Waals surface area (Å²) in [5.74, 6) is 0. The molecule has 1 unspecified atom stereocenters. The minimum absolute atomic E-state index is 1.01. The summed E-state index contributed by atoms with van der Waals surface area (Å²) in [5, 5.41) is 2.18. The Bertz CT molecular complexity index is 335. The van der Waals surface area contributed by atoms with Crippen LogP contribution in [0.5, 0.6) is 0 Å². The number of hydrogen-bond acceptors (Lipinski definition) is 1. The fourth-order valence-electron chi connectivity index (χ4n) is 2.30. The SMILES string of the molecule is C1=C(c2cccs2)CC[NH+](C2CC2)C1. The highest BCUT2D eigenvalue weighted by Crippen LogP contribution is 2.24. The second-order valence-electron chi connectivity index (χ2n) is 4.34. The van der Waals surface area contributed by atoms with Gasteiger partial charge in [-0.2, -0.15) is 0 Å². The zero-order valence-corrected chi connectivity index (χ0v) is 9.15. The van der Waals surface area contributed by atoms with E-state index >= 15 is 0 Å². The fraction of sp³-hybridized carbons (Fsp3) is 0.500. The van der Waals surface area contributed by atoms with E-state index in [1.807, 2.05) is 16.2 Å². The highest BCUT2D eigenvalue weighted by atomic mass is 32.1. The van der Waals surface area contributed by atoms with Crippen molar-refractivity contribution in [1.82, 2.24) is 0 Å². The maximum Gasteiger partial charge on any atom is 0.0966 e. The van der Waals surface area contributed by atoms with Gasteiger partial charge in [-0.1, -0.05) is 6.07 Å². The smallest absolute Gasteiger partial charge is 0.0966 e. The number of nitrogens with one attached hydrogen (secondary N) is 1. The van der Waals surface area contributed by atoms with Crippen LogP contribution in [0.4, 0.5) is 0 Å². The van der Waals surface area contributed by atoms with Crippen molar-refractivity contribution in [2.45, 2.75) is 25.3 Å². The summed E-state index contributed by atoms with van der Waals surface area (Å²) >= 11 is 1.88. The standard InChI is InChI=1S/C12H15NS/c1-2-12(14-9-1)10-5-7-13(8-6-10)11-3-4-11/h1-2,5,9,11H,3-4,6-8H2/p+1. The molecular weight excluding hydrogens is 190 g/mol. The van der Waals surface area contributed by atoms with E-state index in [2.05, 4.69) is 23.6 Å². The Morgan fingerprint density at radius 3 is 2.86 bits per heavy atom. The highest BCUT2D eigenvalue weighted by Gasteiger charge is 2.33. The van der Waals surface area contributed by atoms with Crippen LogP contribution < -0.4 is 4.90 Å². The summed E-state index contributed by atoms with van der Waals surface area (Å²) in [6.45, 7) is 2.62. The molecule has 74 valence electrons. The van der Waals surface area contributed by atoms with Gasteiger partial charge in [-0.25, -0.2) is 0 Å². The normalized spacial score (nSPS) is 27.4. The lowest BCUT2D eigenvalue weighted by atomic mass is 10.1. The molecule has 0 spiro atoms. The molecule has 0 aromatic carbocycles. The summed E-state index contributed by atoms with van der Waals surface area (Å²) < 4.78 is 0. The Balaban J connectivity index is 1.72. The maximum atomic E-state index is 2.46. The summed E-state index contributed by atoms with van der Waals surface area (Å²) in [6.07, 6.45) is 6.68. The van der Waals surface area contributed by atoms with Crippen molar-refractivity contribution in [1.29, 1.82) is 0 Å². The van der Waals surface area contributed by atoms with Gasteiger partial charge in [-0.05, 0) is 23.1 Å². The number of hydrogen-bond donors (Lipinski definition) is 1. The van der Waals surface area contributed by atoms with Crippen molar-refractivity contribution in [3.05, 3.63) is 28.5 Å². The summed E-state index contributed by atoms with van der Waals surface area (Å²) in [4.78, 5) is 3.31. The third kappa shape index (κ3) is 1.64. The first kappa shape index (κ1) is 8.69. The van der Waals surface area contributed by atoms with E-state index < -0.39 is 0 Å². The lowest BCUT2D eigenvalue weighted by Crippen LogP contribution is -3.13. The van der Waals surface area contributed by atoms with E-state index in [-0.39, 0.29) is 0 Å². The van der Waals surface area contributed by atoms with Crippen molar-refractivity contribution in [3.8, 4) is 0 Å². The van der Waals surface area contributed by atoms with Gasteiger partial charge in [0.1, 0.15) is 0 Å². The van der Waals surface area contributed by atoms with Crippen LogP contribution in [0.2, 0.25) is 0 Å². The Hall–Kier alpha value is -0.600. The average Bonchev–Trinajstić information content (AvgIpc) is 2.94. The quantitative estimate of drug-likeness (QED) is 0.749. The zero-order chi connectivity index (χ0) is 9.38. The molecule has 14 heavy (non-hydrogen) atoms. The molecule has 2 heterocycles. The molecule has 1 saturated carbocycles. The monoisotopic (exact) mass is 206 g/mol. The molecule has 1 atom stereocenters. The molecule has 2 aliphatic rings. The Morgan fingerprint density at radius 1 is 1.36 bits per heavy atom. The lowest BCUT2D eigenvalue weighted by molar-refractivity contribution is -0.906. The van der Waals surface area contributed by atoms with Gasteiger partial charge >= 0.3 is 0 Å². The van der Waals surface area contributed by atoms with Gasteiger partial charge in [0.15, 0.2) is 0 Å². The summed E-state index contributed by atoms with van der Waals surface area (Å²) in [5.41, 5.74) is 1.59. The van der Waals surface area contributed by atoms with Crippen LogP contribution in [0, 0.1) is 0 Å². The van der Waals surface area contributed by atoms with Crippen LogP contribution in [-0.4, -0.2) is 19.1 Å². The molecule has 1 N–H and O–H groups in total. The highest BCUT2D eigenvalue weighted by molar-refractivity contribution is 7.11.